The Balaban J connectivity index is 2.54. The van der Waals surface area contributed by atoms with E-state index in [2.05, 4.69) is 23.9 Å². The zero-order chi connectivity index (χ0) is 15.7. The average molecular weight is 295 g/mol. The van der Waals surface area contributed by atoms with Gasteiger partial charge in [-0.25, -0.2) is 0 Å². The van der Waals surface area contributed by atoms with Gasteiger partial charge in [0, 0.05) is 12.6 Å². The summed E-state index contributed by atoms with van der Waals surface area (Å²) in [4.78, 5) is 2.07. The van der Waals surface area contributed by atoms with Gasteiger partial charge in [-0.05, 0) is 32.9 Å². The van der Waals surface area contributed by atoms with Crippen LogP contribution < -0.4 is 15.2 Å². The molecule has 1 aromatic carbocycles. The predicted octanol–water partition coefficient (Wildman–Crippen LogP) is 1.92. The molecule has 0 atom stereocenters. The summed E-state index contributed by atoms with van der Waals surface area (Å²) in [5.41, 5.74) is 5.56. The molecule has 0 aromatic heterocycles. The van der Waals surface area contributed by atoms with E-state index in [0.717, 1.165) is 11.5 Å². The van der Waals surface area contributed by atoms with Crippen molar-refractivity contribution in [1.82, 2.24) is 4.90 Å². The van der Waals surface area contributed by atoms with Crippen molar-refractivity contribution in [3.05, 3.63) is 24.3 Å². The summed E-state index contributed by atoms with van der Waals surface area (Å²) in [5, 5.41) is 11.7. The Kier molecular flexibility index (Phi) is 7.39. The summed E-state index contributed by atoms with van der Waals surface area (Å²) in [6, 6.07) is 7.87. The number of rotatable bonds is 9. The van der Waals surface area contributed by atoms with Gasteiger partial charge in [-0.3, -0.25) is 4.90 Å². The standard InChI is InChI=1S/C15H25N3O3/c1-4-20-13-7-5-6-8-14(13)21-10-9-18(12(2)3)11-15(16)17-19/h5-8,12,19H,4,9-11H2,1-3H3,(H2,16,17). The van der Waals surface area contributed by atoms with Gasteiger partial charge in [-0.2, -0.15) is 0 Å². The van der Waals surface area contributed by atoms with E-state index in [0.29, 0.717) is 26.3 Å². The van der Waals surface area contributed by atoms with Gasteiger partial charge < -0.3 is 20.4 Å². The maximum atomic E-state index is 8.65. The number of amidine groups is 1. The predicted molar refractivity (Wildman–Crippen MR) is 83.2 cm³/mol. The minimum absolute atomic E-state index is 0.193. The molecule has 1 rings (SSSR count). The lowest BCUT2D eigenvalue weighted by Gasteiger charge is -2.25. The average Bonchev–Trinajstić information content (AvgIpc) is 2.47. The van der Waals surface area contributed by atoms with Gasteiger partial charge in [0.1, 0.15) is 6.61 Å². The van der Waals surface area contributed by atoms with Crippen LogP contribution in [0.5, 0.6) is 11.5 Å². The molecule has 118 valence electrons. The third kappa shape index (κ3) is 5.91. The topological polar surface area (TPSA) is 80.3 Å². The summed E-state index contributed by atoms with van der Waals surface area (Å²) in [7, 11) is 0. The Morgan fingerprint density at radius 1 is 1.29 bits per heavy atom. The smallest absolute Gasteiger partial charge is 0.161 e. The van der Waals surface area contributed by atoms with Crippen LogP contribution in [0.25, 0.3) is 0 Å². The second-order valence-corrected chi connectivity index (χ2v) is 4.88. The number of nitrogens with zero attached hydrogens (tertiary/aromatic N) is 2. The SMILES string of the molecule is CCOc1ccccc1OCCN(CC(N)=NO)C(C)C. The van der Waals surface area contributed by atoms with Crippen LogP contribution in [-0.4, -0.2) is 48.3 Å². The van der Waals surface area contributed by atoms with Crippen LogP contribution in [0.15, 0.2) is 29.4 Å². The summed E-state index contributed by atoms with van der Waals surface area (Å²) >= 11 is 0. The zero-order valence-corrected chi connectivity index (χ0v) is 13.0. The van der Waals surface area contributed by atoms with Gasteiger partial charge in [-0.1, -0.05) is 17.3 Å². The second-order valence-electron chi connectivity index (χ2n) is 4.88. The van der Waals surface area contributed by atoms with Crippen molar-refractivity contribution in [2.75, 3.05) is 26.3 Å². The van der Waals surface area contributed by atoms with Crippen molar-refractivity contribution in [2.24, 2.45) is 10.9 Å². The molecule has 0 spiro atoms. The molecule has 21 heavy (non-hydrogen) atoms. The van der Waals surface area contributed by atoms with Gasteiger partial charge >= 0.3 is 0 Å². The fourth-order valence-electron chi connectivity index (χ4n) is 1.88. The summed E-state index contributed by atoms with van der Waals surface area (Å²) in [6.07, 6.45) is 0. The Hall–Kier alpha value is -1.95. The number of ether oxygens (including phenoxy) is 2. The molecule has 3 N–H and O–H groups in total. The fraction of sp³-hybridized carbons (Fsp3) is 0.533. The molecule has 6 nitrogen and oxygen atoms in total. The molecule has 0 bridgehead atoms. The monoisotopic (exact) mass is 295 g/mol. The highest BCUT2D eigenvalue weighted by Gasteiger charge is 2.12. The highest BCUT2D eigenvalue weighted by Crippen LogP contribution is 2.26. The highest BCUT2D eigenvalue weighted by molar-refractivity contribution is 5.81. The van der Waals surface area contributed by atoms with E-state index in [9.17, 15) is 0 Å². The maximum Gasteiger partial charge on any atom is 0.161 e. The lowest BCUT2D eigenvalue weighted by Crippen LogP contribution is -2.41. The van der Waals surface area contributed by atoms with Crippen molar-refractivity contribution < 1.29 is 14.7 Å². The molecule has 6 heteroatoms. The molecule has 0 aliphatic carbocycles. The van der Waals surface area contributed by atoms with E-state index >= 15 is 0 Å². The van der Waals surface area contributed by atoms with Crippen LogP contribution in [0.3, 0.4) is 0 Å². The Bertz CT molecular complexity index is 450. The first kappa shape index (κ1) is 17.1. The molecular formula is C15H25N3O3. The van der Waals surface area contributed by atoms with Crippen LogP contribution in [0, 0.1) is 0 Å². The van der Waals surface area contributed by atoms with Gasteiger partial charge in [0.05, 0.1) is 13.2 Å². The van der Waals surface area contributed by atoms with E-state index in [1.165, 1.54) is 0 Å². The molecule has 0 heterocycles. The Morgan fingerprint density at radius 3 is 2.43 bits per heavy atom. The fourth-order valence-corrected chi connectivity index (χ4v) is 1.88. The lowest BCUT2D eigenvalue weighted by molar-refractivity contribution is 0.188. The molecule has 0 amide bonds. The summed E-state index contributed by atoms with van der Waals surface area (Å²) in [6.45, 7) is 8.23. The highest BCUT2D eigenvalue weighted by atomic mass is 16.5. The van der Waals surface area contributed by atoms with Crippen molar-refractivity contribution >= 4 is 5.84 Å². The van der Waals surface area contributed by atoms with Gasteiger partial charge in [0.2, 0.25) is 0 Å². The number of benzene rings is 1. The first-order valence-electron chi connectivity index (χ1n) is 7.13. The molecule has 0 saturated carbocycles. The molecule has 0 aliphatic heterocycles. The minimum atomic E-state index is 0.193. The van der Waals surface area contributed by atoms with Crippen LogP contribution in [0.4, 0.5) is 0 Å². The Labute approximate surface area is 126 Å². The van der Waals surface area contributed by atoms with E-state index in [4.69, 9.17) is 20.4 Å². The second kappa shape index (κ2) is 9.07. The largest absolute Gasteiger partial charge is 0.490 e. The van der Waals surface area contributed by atoms with Crippen LogP contribution in [-0.2, 0) is 0 Å². The van der Waals surface area contributed by atoms with E-state index in [-0.39, 0.29) is 11.9 Å². The molecule has 0 saturated heterocycles. The third-order valence-corrected chi connectivity index (χ3v) is 3.01. The van der Waals surface area contributed by atoms with Crippen LogP contribution in [0.1, 0.15) is 20.8 Å². The number of para-hydroxylation sites is 2. The van der Waals surface area contributed by atoms with Gasteiger partial charge in [0.25, 0.3) is 0 Å². The number of hydrogen-bond acceptors (Lipinski definition) is 5. The van der Waals surface area contributed by atoms with Gasteiger partial charge in [0.15, 0.2) is 17.3 Å². The van der Waals surface area contributed by atoms with E-state index in [1.54, 1.807) is 0 Å². The molecule has 0 fully saturated rings. The maximum absolute atomic E-state index is 8.65. The molecule has 0 unspecified atom stereocenters. The summed E-state index contributed by atoms with van der Waals surface area (Å²) < 4.78 is 11.3. The third-order valence-electron chi connectivity index (χ3n) is 3.01. The first-order valence-corrected chi connectivity index (χ1v) is 7.13. The number of oxime groups is 1. The lowest BCUT2D eigenvalue weighted by atomic mass is 10.3. The van der Waals surface area contributed by atoms with E-state index < -0.39 is 0 Å². The zero-order valence-electron chi connectivity index (χ0n) is 13.0. The van der Waals surface area contributed by atoms with Crippen LogP contribution in [0.2, 0.25) is 0 Å². The van der Waals surface area contributed by atoms with Gasteiger partial charge in [-0.15, -0.1) is 0 Å². The Morgan fingerprint density at radius 2 is 1.90 bits per heavy atom. The van der Waals surface area contributed by atoms with Crippen LogP contribution >= 0.6 is 0 Å². The number of hydrogen-bond donors (Lipinski definition) is 2. The quantitative estimate of drug-likeness (QED) is 0.315. The molecule has 0 radical (unpaired) electrons. The normalized spacial score (nSPS) is 12.0. The van der Waals surface area contributed by atoms with Crippen molar-refractivity contribution in [2.45, 2.75) is 26.8 Å². The van der Waals surface area contributed by atoms with Crippen molar-refractivity contribution in [3.63, 3.8) is 0 Å². The number of nitrogens with two attached hydrogens (primary N) is 1. The summed E-state index contributed by atoms with van der Waals surface area (Å²) in [5.74, 6) is 1.66. The van der Waals surface area contributed by atoms with E-state index in [1.807, 2.05) is 31.2 Å². The molecular weight excluding hydrogens is 270 g/mol. The minimum Gasteiger partial charge on any atom is -0.490 e. The van der Waals surface area contributed by atoms with Crippen molar-refractivity contribution in [3.8, 4) is 11.5 Å². The first-order chi connectivity index (χ1) is 10.1. The van der Waals surface area contributed by atoms with Crippen molar-refractivity contribution in [1.29, 1.82) is 0 Å². The molecule has 1 aromatic rings. The molecule has 0 aliphatic rings.